The summed E-state index contributed by atoms with van der Waals surface area (Å²) in [6, 6.07) is 7.47. The molecule has 0 saturated carbocycles. The molecule has 0 radical (unpaired) electrons. The van der Waals surface area contributed by atoms with Gasteiger partial charge in [-0.2, -0.15) is 0 Å². The van der Waals surface area contributed by atoms with Gasteiger partial charge in [0, 0.05) is 4.47 Å². The Kier molecular flexibility index (Phi) is 6.34. The average molecular weight is 381 g/mol. The normalized spacial score (nSPS) is 12.7. The van der Waals surface area contributed by atoms with E-state index in [9.17, 15) is 9.59 Å². The van der Waals surface area contributed by atoms with Crippen LogP contribution < -0.4 is 0 Å². The maximum Gasteiger partial charge on any atom is 0.379 e. The van der Waals surface area contributed by atoms with Crippen molar-refractivity contribution in [3.63, 3.8) is 0 Å². The third-order valence-electron chi connectivity index (χ3n) is 3.32. The standard InChI is InChI=1S/C19H25BrO3/c1-18(2,3)17(19(4,5)6)23-16(22)15(21)12-11-13-9-7-8-10-14(13)20/h7-12,17H,1-6H3/b12-11+. The maximum atomic E-state index is 12.1. The zero-order valence-electron chi connectivity index (χ0n) is 14.6. The van der Waals surface area contributed by atoms with E-state index in [-0.39, 0.29) is 16.9 Å². The number of carbonyl (C=O) groups is 2. The Balaban J connectivity index is 2.85. The van der Waals surface area contributed by atoms with Crippen LogP contribution in [0.15, 0.2) is 34.8 Å². The van der Waals surface area contributed by atoms with Gasteiger partial charge in [-0.3, -0.25) is 4.79 Å². The third kappa shape index (κ3) is 5.94. The Morgan fingerprint density at radius 1 is 1.04 bits per heavy atom. The summed E-state index contributed by atoms with van der Waals surface area (Å²) in [4.78, 5) is 24.2. The minimum absolute atomic E-state index is 0.250. The number of hydrogen-bond acceptors (Lipinski definition) is 3. The smallest absolute Gasteiger partial charge is 0.379 e. The van der Waals surface area contributed by atoms with Gasteiger partial charge in [-0.1, -0.05) is 75.7 Å². The lowest BCUT2D eigenvalue weighted by atomic mass is 9.74. The molecule has 0 saturated heterocycles. The van der Waals surface area contributed by atoms with E-state index >= 15 is 0 Å². The molecule has 0 unspecified atom stereocenters. The van der Waals surface area contributed by atoms with Crippen LogP contribution in [-0.4, -0.2) is 17.9 Å². The molecule has 1 rings (SSSR count). The lowest BCUT2D eigenvalue weighted by Crippen LogP contribution is -2.43. The van der Waals surface area contributed by atoms with E-state index in [1.165, 1.54) is 6.08 Å². The number of carbonyl (C=O) groups excluding carboxylic acids is 2. The minimum Gasteiger partial charge on any atom is -0.455 e. The average Bonchev–Trinajstić information content (AvgIpc) is 2.40. The zero-order chi connectivity index (χ0) is 17.8. The van der Waals surface area contributed by atoms with E-state index in [1.54, 1.807) is 6.08 Å². The van der Waals surface area contributed by atoms with E-state index < -0.39 is 11.8 Å². The summed E-state index contributed by atoms with van der Waals surface area (Å²) >= 11 is 3.40. The summed E-state index contributed by atoms with van der Waals surface area (Å²) in [6.45, 7) is 12.0. The second-order valence-electron chi connectivity index (χ2n) is 7.74. The highest BCUT2D eigenvalue weighted by Gasteiger charge is 2.38. The van der Waals surface area contributed by atoms with Crippen molar-refractivity contribution < 1.29 is 14.3 Å². The molecule has 0 amide bonds. The summed E-state index contributed by atoms with van der Waals surface area (Å²) in [7, 11) is 0. The number of esters is 1. The van der Waals surface area contributed by atoms with Crippen molar-refractivity contribution in [2.75, 3.05) is 0 Å². The van der Waals surface area contributed by atoms with Gasteiger partial charge >= 0.3 is 5.97 Å². The van der Waals surface area contributed by atoms with Gasteiger partial charge in [0.2, 0.25) is 0 Å². The monoisotopic (exact) mass is 380 g/mol. The lowest BCUT2D eigenvalue weighted by molar-refractivity contribution is -0.167. The SMILES string of the molecule is CC(C)(C)C(OC(=O)C(=O)/C=C/c1ccccc1Br)C(C)(C)C. The van der Waals surface area contributed by atoms with Crippen LogP contribution in [0.5, 0.6) is 0 Å². The van der Waals surface area contributed by atoms with Crippen LogP contribution in [0, 0.1) is 10.8 Å². The second-order valence-corrected chi connectivity index (χ2v) is 8.59. The molecule has 1 aromatic rings. The molecule has 23 heavy (non-hydrogen) atoms. The van der Waals surface area contributed by atoms with E-state index in [1.807, 2.05) is 65.8 Å². The highest BCUT2D eigenvalue weighted by molar-refractivity contribution is 9.10. The summed E-state index contributed by atoms with van der Waals surface area (Å²) < 4.78 is 6.37. The molecular weight excluding hydrogens is 356 g/mol. The number of ketones is 1. The van der Waals surface area contributed by atoms with Crippen LogP contribution in [-0.2, 0) is 14.3 Å². The number of halogens is 1. The molecule has 126 valence electrons. The fourth-order valence-electron chi connectivity index (χ4n) is 2.66. The fraction of sp³-hybridized carbons (Fsp3) is 0.474. The predicted octanol–water partition coefficient (Wildman–Crippen LogP) is 5.04. The van der Waals surface area contributed by atoms with Gasteiger partial charge < -0.3 is 4.74 Å². The van der Waals surface area contributed by atoms with E-state index in [4.69, 9.17) is 4.74 Å². The fourth-order valence-corrected chi connectivity index (χ4v) is 3.08. The Morgan fingerprint density at radius 3 is 2.04 bits per heavy atom. The van der Waals surface area contributed by atoms with Crippen LogP contribution in [0.3, 0.4) is 0 Å². The molecule has 0 N–H and O–H groups in total. The number of benzene rings is 1. The zero-order valence-corrected chi connectivity index (χ0v) is 16.2. The highest BCUT2D eigenvalue weighted by Crippen LogP contribution is 2.36. The maximum absolute atomic E-state index is 12.1. The number of ether oxygens (including phenoxy) is 1. The summed E-state index contributed by atoms with van der Waals surface area (Å²) in [5.41, 5.74) is 0.331. The third-order valence-corrected chi connectivity index (χ3v) is 4.04. The van der Waals surface area contributed by atoms with Gasteiger partial charge in [-0.25, -0.2) is 4.79 Å². The van der Waals surface area contributed by atoms with Crippen LogP contribution in [0.1, 0.15) is 47.1 Å². The van der Waals surface area contributed by atoms with Gasteiger partial charge in [-0.15, -0.1) is 0 Å². The predicted molar refractivity (Wildman–Crippen MR) is 97.0 cm³/mol. The van der Waals surface area contributed by atoms with Gasteiger partial charge in [0.1, 0.15) is 6.10 Å². The molecule has 0 fully saturated rings. The molecule has 0 aliphatic rings. The Hall–Kier alpha value is -1.42. The molecule has 0 aromatic heterocycles. The van der Waals surface area contributed by atoms with Crippen molar-refractivity contribution in [1.29, 1.82) is 0 Å². The highest BCUT2D eigenvalue weighted by atomic mass is 79.9. The van der Waals surface area contributed by atoms with Crippen molar-refractivity contribution in [3.8, 4) is 0 Å². The van der Waals surface area contributed by atoms with Gasteiger partial charge in [0.15, 0.2) is 0 Å². The first-order valence-electron chi connectivity index (χ1n) is 7.60. The Bertz CT molecular complexity index is 590. The molecule has 0 atom stereocenters. The Labute approximate surface area is 147 Å². The van der Waals surface area contributed by atoms with E-state index in [2.05, 4.69) is 15.9 Å². The van der Waals surface area contributed by atoms with Crippen LogP contribution in [0.25, 0.3) is 6.08 Å². The van der Waals surface area contributed by atoms with Crippen molar-refractivity contribution in [3.05, 3.63) is 40.4 Å². The Morgan fingerprint density at radius 2 is 1.57 bits per heavy atom. The topological polar surface area (TPSA) is 43.4 Å². The lowest BCUT2D eigenvalue weighted by Gasteiger charge is -2.39. The molecule has 0 bridgehead atoms. The first kappa shape index (κ1) is 19.6. The van der Waals surface area contributed by atoms with E-state index in [0.29, 0.717) is 0 Å². The van der Waals surface area contributed by atoms with E-state index in [0.717, 1.165) is 10.0 Å². The van der Waals surface area contributed by atoms with Crippen LogP contribution >= 0.6 is 15.9 Å². The van der Waals surface area contributed by atoms with Crippen molar-refractivity contribution in [2.24, 2.45) is 10.8 Å². The first-order chi connectivity index (χ1) is 10.4. The molecular formula is C19H25BrO3. The largest absolute Gasteiger partial charge is 0.455 e. The van der Waals surface area contributed by atoms with Crippen molar-refractivity contribution in [1.82, 2.24) is 0 Å². The van der Waals surface area contributed by atoms with Crippen LogP contribution in [0.2, 0.25) is 0 Å². The molecule has 4 heteroatoms. The number of hydrogen-bond donors (Lipinski definition) is 0. The summed E-state index contributed by atoms with van der Waals surface area (Å²) in [6.07, 6.45) is 2.50. The number of rotatable bonds is 4. The molecule has 0 aliphatic carbocycles. The molecule has 0 spiro atoms. The quantitative estimate of drug-likeness (QED) is 0.417. The van der Waals surface area contributed by atoms with Gasteiger partial charge in [0.05, 0.1) is 0 Å². The van der Waals surface area contributed by atoms with Crippen molar-refractivity contribution in [2.45, 2.75) is 47.6 Å². The first-order valence-corrected chi connectivity index (χ1v) is 8.40. The van der Waals surface area contributed by atoms with Crippen molar-refractivity contribution >= 4 is 33.8 Å². The van der Waals surface area contributed by atoms with Gasteiger partial charge in [0.25, 0.3) is 5.78 Å². The van der Waals surface area contributed by atoms with Gasteiger partial charge in [-0.05, 0) is 34.6 Å². The molecule has 0 aliphatic heterocycles. The summed E-state index contributed by atoms with van der Waals surface area (Å²) in [5.74, 6) is -1.47. The minimum atomic E-state index is -0.817. The molecule has 1 aromatic carbocycles. The molecule has 3 nitrogen and oxygen atoms in total. The summed E-state index contributed by atoms with van der Waals surface area (Å²) in [5, 5.41) is 0. The second kappa shape index (κ2) is 7.43. The molecule has 0 heterocycles. The van der Waals surface area contributed by atoms with Crippen LogP contribution in [0.4, 0.5) is 0 Å².